The topological polar surface area (TPSA) is 46.6 Å². The van der Waals surface area contributed by atoms with Crippen LogP contribution < -0.4 is 4.90 Å². The molecule has 3 rings (SSSR count). The molecule has 2 aromatic carbocycles. The molecule has 0 N–H and O–H groups in total. The highest BCUT2D eigenvalue weighted by molar-refractivity contribution is 6.32. The van der Waals surface area contributed by atoms with Gasteiger partial charge in [-0.25, -0.2) is 4.79 Å². The molecule has 23 heavy (non-hydrogen) atoms. The number of allylic oxidation sites excluding steroid dienone is 1. The lowest BCUT2D eigenvalue weighted by Gasteiger charge is -2.13. The van der Waals surface area contributed by atoms with E-state index in [0.29, 0.717) is 29.4 Å². The van der Waals surface area contributed by atoms with Gasteiger partial charge in [-0.2, -0.15) is 0 Å². The summed E-state index contributed by atoms with van der Waals surface area (Å²) in [5, 5.41) is 0.588. The molecule has 116 valence electrons. The number of hydrogen-bond acceptors (Lipinski definition) is 3. The van der Waals surface area contributed by atoms with Crippen molar-refractivity contribution in [1.29, 1.82) is 0 Å². The fourth-order valence-corrected chi connectivity index (χ4v) is 2.53. The van der Waals surface area contributed by atoms with Gasteiger partial charge in [0.1, 0.15) is 6.61 Å². The highest BCUT2D eigenvalue weighted by atomic mass is 35.5. The predicted molar refractivity (Wildman–Crippen MR) is 90.0 cm³/mol. The summed E-state index contributed by atoms with van der Waals surface area (Å²) in [5.74, 6) is -0.153. The first-order chi connectivity index (χ1) is 11.1. The van der Waals surface area contributed by atoms with Crippen molar-refractivity contribution in [2.45, 2.75) is 0 Å². The third-order valence-electron chi connectivity index (χ3n) is 3.52. The molecule has 0 atom stereocenters. The predicted octanol–water partition coefficient (Wildman–Crippen LogP) is 4.19. The second-order valence-electron chi connectivity index (χ2n) is 5.04. The maximum absolute atomic E-state index is 12.3. The minimum absolute atomic E-state index is 0.153. The van der Waals surface area contributed by atoms with E-state index >= 15 is 0 Å². The second kappa shape index (κ2) is 6.67. The Kier molecular flexibility index (Phi) is 4.44. The highest BCUT2D eigenvalue weighted by Gasteiger charge is 2.23. The molecular formula is C18H14ClNO3. The third-order valence-corrected chi connectivity index (χ3v) is 3.87. The van der Waals surface area contributed by atoms with Crippen molar-refractivity contribution >= 4 is 35.2 Å². The monoisotopic (exact) mass is 327 g/mol. The summed E-state index contributed by atoms with van der Waals surface area (Å²) in [5.41, 5.74) is 1.94. The molecule has 0 saturated carbocycles. The Morgan fingerprint density at radius 3 is 2.74 bits per heavy atom. The fourth-order valence-electron chi connectivity index (χ4n) is 2.33. The van der Waals surface area contributed by atoms with Crippen LogP contribution in [-0.2, 0) is 4.74 Å². The van der Waals surface area contributed by atoms with Crippen LogP contribution in [0.4, 0.5) is 10.5 Å². The molecule has 1 saturated heterocycles. The van der Waals surface area contributed by atoms with Gasteiger partial charge in [0.25, 0.3) is 0 Å². The summed E-state index contributed by atoms with van der Waals surface area (Å²) < 4.78 is 4.91. The molecule has 0 bridgehead atoms. The molecule has 0 radical (unpaired) electrons. The minimum Gasteiger partial charge on any atom is -0.447 e. The van der Waals surface area contributed by atoms with E-state index in [1.165, 1.54) is 11.0 Å². The SMILES string of the molecule is O=C(/C=C/c1ccccc1Cl)c1cccc(N2CCOC2=O)c1. The van der Waals surface area contributed by atoms with Crippen molar-refractivity contribution in [3.63, 3.8) is 0 Å². The summed E-state index contributed by atoms with van der Waals surface area (Å²) >= 11 is 6.06. The van der Waals surface area contributed by atoms with Crippen LogP contribution in [0.25, 0.3) is 6.08 Å². The molecule has 0 unspecified atom stereocenters. The van der Waals surface area contributed by atoms with E-state index in [-0.39, 0.29) is 11.9 Å². The van der Waals surface area contributed by atoms with Gasteiger partial charge >= 0.3 is 6.09 Å². The first-order valence-corrected chi connectivity index (χ1v) is 7.54. The third kappa shape index (κ3) is 3.43. The molecule has 0 aliphatic carbocycles. The van der Waals surface area contributed by atoms with E-state index in [9.17, 15) is 9.59 Å². The van der Waals surface area contributed by atoms with Crippen molar-refractivity contribution in [1.82, 2.24) is 0 Å². The molecule has 1 amide bonds. The Hall–Kier alpha value is -2.59. The van der Waals surface area contributed by atoms with Crippen molar-refractivity contribution < 1.29 is 14.3 Å². The zero-order valence-corrected chi connectivity index (χ0v) is 13.0. The standard InChI is InChI=1S/C18H14ClNO3/c19-16-7-2-1-4-13(16)8-9-17(21)14-5-3-6-15(12-14)20-10-11-23-18(20)22/h1-9,12H,10-11H2/b9-8+. The van der Waals surface area contributed by atoms with Gasteiger partial charge in [0, 0.05) is 16.3 Å². The Labute approximate surface area is 138 Å². The van der Waals surface area contributed by atoms with Gasteiger partial charge in [0.2, 0.25) is 0 Å². The number of rotatable bonds is 4. The molecule has 1 aliphatic heterocycles. The normalized spacial score (nSPS) is 14.3. The molecule has 0 aromatic heterocycles. The first-order valence-electron chi connectivity index (χ1n) is 7.16. The minimum atomic E-state index is -0.388. The Bertz CT molecular complexity index is 785. The lowest BCUT2D eigenvalue weighted by Crippen LogP contribution is -2.23. The van der Waals surface area contributed by atoms with E-state index in [2.05, 4.69) is 0 Å². The second-order valence-corrected chi connectivity index (χ2v) is 5.44. The number of hydrogen-bond donors (Lipinski definition) is 0. The number of ketones is 1. The number of benzene rings is 2. The van der Waals surface area contributed by atoms with Crippen molar-refractivity contribution in [3.05, 3.63) is 70.8 Å². The van der Waals surface area contributed by atoms with Crippen LogP contribution in [0.1, 0.15) is 15.9 Å². The van der Waals surface area contributed by atoms with Crippen LogP contribution in [0, 0.1) is 0 Å². The van der Waals surface area contributed by atoms with Crippen molar-refractivity contribution in [3.8, 4) is 0 Å². The largest absolute Gasteiger partial charge is 0.447 e. The maximum atomic E-state index is 12.3. The molecule has 0 spiro atoms. The molecular weight excluding hydrogens is 314 g/mol. The van der Waals surface area contributed by atoms with E-state index in [1.807, 2.05) is 18.2 Å². The van der Waals surface area contributed by atoms with E-state index in [1.54, 1.807) is 36.4 Å². The number of carbonyl (C=O) groups excluding carboxylic acids is 2. The number of carbonyl (C=O) groups is 2. The summed E-state index contributed by atoms with van der Waals surface area (Å²) in [7, 11) is 0. The molecule has 1 fully saturated rings. The van der Waals surface area contributed by atoms with Gasteiger partial charge in [0.05, 0.1) is 6.54 Å². The number of nitrogens with zero attached hydrogens (tertiary/aromatic N) is 1. The smallest absolute Gasteiger partial charge is 0.414 e. The Morgan fingerprint density at radius 2 is 2.00 bits per heavy atom. The van der Waals surface area contributed by atoms with Gasteiger partial charge in [0.15, 0.2) is 5.78 Å². The first kappa shape index (κ1) is 15.3. The van der Waals surface area contributed by atoms with E-state index < -0.39 is 0 Å². The lowest BCUT2D eigenvalue weighted by molar-refractivity contribution is 0.104. The van der Waals surface area contributed by atoms with Gasteiger partial charge < -0.3 is 4.74 Å². The lowest BCUT2D eigenvalue weighted by atomic mass is 10.1. The quantitative estimate of drug-likeness (QED) is 0.624. The van der Waals surface area contributed by atoms with Crippen molar-refractivity contribution in [2.75, 3.05) is 18.1 Å². The summed E-state index contributed by atoms with van der Waals surface area (Å²) in [6, 6.07) is 14.2. The number of halogens is 1. The molecule has 1 aliphatic rings. The van der Waals surface area contributed by atoms with Gasteiger partial charge in [-0.3, -0.25) is 9.69 Å². The van der Waals surface area contributed by atoms with Crippen LogP contribution in [0.3, 0.4) is 0 Å². The van der Waals surface area contributed by atoms with Crippen LogP contribution in [0.2, 0.25) is 5.02 Å². The van der Waals surface area contributed by atoms with Gasteiger partial charge in [-0.15, -0.1) is 0 Å². The van der Waals surface area contributed by atoms with E-state index in [4.69, 9.17) is 16.3 Å². The van der Waals surface area contributed by atoms with E-state index in [0.717, 1.165) is 5.56 Å². The summed E-state index contributed by atoms with van der Waals surface area (Å²) in [4.78, 5) is 25.4. The summed E-state index contributed by atoms with van der Waals surface area (Å²) in [6.07, 6.45) is 2.77. The summed E-state index contributed by atoms with van der Waals surface area (Å²) in [6.45, 7) is 0.857. The number of ether oxygens (including phenoxy) is 1. The molecule has 5 heteroatoms. The Balaban J connectivity index is 1.80. The fraction of sp³-hybridized carbons (Fsp3) is 0.111. The number of anilines is 1. The van der Waals surface area contributed by atoms with Crippen LogP contribution in [0.5, 0.6) is 0 Å². The van der Waals surface area contributed by atoms with Crippen LogP contribution in [-0.4, -0.2) is 25.0 Å². The van der Waals surface area contributed by atoms with Crippen molar-refractivity contribution in [2.24, 2.45) is 0 Å². The number of cyclic esters (lactones) is 1. The van der Waals surface area contributed by atoms with Crippen LogP contribution >= 0.6 is 11.6 Å². The Morgan fingerprint density at radius 1 is 1.17 bits per heavy atom. The van der Waals surface area contributed by atoms with Crippen LogP contribution in [0.15, 0.2) is 54.6 Å². The molecule has 2 aromatic rings. The maximum Gasteiger partial charge on any atom is 0.414 e. The zero-order valence-electron chi connectivity index (χ0n) is 12.2. The molecule has 4 nitrogen and oxygen atoms in total. The molecule has 1 heterocycles. The average molecular weight is 328 g/mol. The zero-order chi connectivity index (χ0) is 16.2. The average Bonchev–Trinajstić information content (AvgIpc) is 3.00. The highest BCUT2D eigenvalue weighted by Crippen LogP contribution is 2.21. The number of amides is 1. The van der Waals surface area contributed by atoms with Gasteiger partial charge in [-0.1, -0.05) is 41.9 Å². The van der Waals surface area contributed by atoms with Gasteiger partial charge in [-0.05, 0) is 35.9 Å².